The monoisotopic (exact) mass is 169 g/mol. The van der Waals surface area contributed by atoms with Crippen molar-refractivity contribution >= 4 is 5.91 Å². The molecule has 0 bridgehead atoms. The molecule has 68 valence electrons. The van der Waals surface area contributed by atoms with Gasteiger partial charge in [-0.15, -0.1) is 0 Å². The average Bonchev–Trinajstić information content (AvgIpc) is 2.44. The quantitative estimate of drug-likeness (QED) is 0.592. The Balaban J connectivity index is 2.10. The van der Waals surface area contributed by atoms with Crippen LogP contribution in [0.15, 0.2) is 0 Å². The molecule has 12 heavy (non-hydrogen) atoms. The molecule has 1 aliphatic heterocycles. The van der Waals surface area contributed by atoms with E-state index < -0.39 is 0 Å². The van der Waals surface area contributed by atoms with Crippen molar-refractivity contribution in [1.82, 2.24) is 5.32 Å². The Morgan fingerprint density at radius 3 is 2.92 bits per heavy atom. The van der Waals surface area contributed by atoms with Crippen LogP contribution in [-0.4, -0.2) is 23.7 Å². The van der Waals surface area contributed by atoms with Crippen molar-refractivity contribution in [2.75, 3.05) is 6.61 Å². The second kappa shape index (κ2) is 3.05. The van der Waals surface area contributed by atoms with E-state index in [0.717, 1.165) is 12.8 Å². The van der Waals surface area contributed by atoms with Gasteiger partial charge >= 0.3 is 0 Å². The fraction of sp³-hybridized carbons (Fsp3) is 0.889. The predicted octanol–water partition coefficient (Wildman–Crippen LogP) is 0.283. The van der Waals surface area contributed by atoms with Crippen LogP contribution in [0.5, 0.6) is 0 Å². The maximum atomic E-state index is 11.4. The van der Waals surface area contributed by atoms with Gasteiger partial charge in [-0.2, -0.15) is 0 Å². The molecule has 2 aliphatic rings. The summed E-state index contributed by atoms with van der Waals surface area (Å²) >= 11 is 0. The van der Waals surface area contributed by atoms with Crippen LogP contribution in [0.1, 0.15) is 25.7 Å². The molecule has 0 radical (unpaired) electrons. The Hall–Kier alpha value is -0.570. The fourth-order valence-electron chi connectivity index (χ4n) is 2.54. The lowest BCUT2D eigenvalue weighted by Gasteiger charge is -2.25. The van der Waals surface area contributed by atoms with Gasteiger partial charge in [-0.3, -0.25) is 4.79 Å². The first-order valence-corrected chi connectivity index (χ1v) is 4.74. The van der Waals surface area contributed by atoms with Crippen LogP contribution < -0.4 is 5.32 Å². The van der Waals surface area contributed by atoms with Crippen LogP contribution in [0, 0.1) is 11.8 Å². The zero-order valence-corrected chi connectivity index (χ0v) is 7.12. The topological polar surface area (TPSA) is 49.3 Å². The molecule has 1 aliphatic carbocycles. The van der Waals surface area contributed by atoms with Crippen molar-refractivity contribution in [2.24, 2.45) is 11.8 Å². The van der Waals surface area contributed by atoms with Crippen molar-refractivity contribution in [2.45, 2.75) is 31.7 Å². The Bertz CT molecular complexity index is 193. The fourth-order valence-corrected chi connectivity index (χ4v) is 2.54. The highest BCUT2D eigenvalue weighted by Gasteiger charge is 2.42. The largest absolute Gasteiger partial charge is 0.394 e. The van der Waals surface area contributed by atoms with Crippen LogP contribution in [0.2, 0.25) is 0 Å². The van der Waals surface area contributed by atoms with E-state index in [1.165, 1.54) is 12.8 Å². The van der Waals surface area contributed by atoms with Gasteiger partial charge in [0.2, 0.25) is 5.91 Å². The predicted molar refractivity (Wildman–Crippen MR) is 44.5 cm³/mol. The smallest absolute Gasteiger partial charge is 0.223 e. The van der Waals surface area contributed by atoms with E-state index in [1.54, 1.807) is 0 Å². The summed E-state index contributed by atoms with van der Waals surface area (Å²) < 4.78 is 0. The summed E-state index contributed by atoms with van der Waals surface area (Å²) in [6.45, 7) is 0.104. The SMILES string of the molecule is O=C1N[C@H](CO)[C@H]2CCCC[C@H]12. The molecule has 3 heteroatoms. The van der Waals surface area contributed by atoms with Gasteiger partial charge < -0.3 is 10.4 Å². The van der Waals surface area contributed by atoms with Crippen molar-refractivity contribution in [3.05, 3.63) is 0 Å². The van der Waals surface area contributed by atoms with Gasteiger partial charge in [0.15, 0.2) is 0 Å². The third-order valence-corrected chi connectivity index (χ3v) is 3.20. The van der Waals surface area contributed by atoms with Crippen LogP contribution >= 0.6 is 0 Å². The second-order valence-electron chi connectivity index (χ2n) is 3.85. The third kappa shape index (κ3) is 1.12. The first-order chi connectivity index (χ1) is 5.83. The molecule has 2 fully saturated rings. The first-order valence-electron chi connectivity index (χ1n) is 4.74. The molecule has 1 heterocycles. The highest BCUT2D eigenvalue weighted by Crippen LogP contribution is 2.36. The normalized spacial score (nSPS) is 40.8. The Morgan fingerprint density at radius 2 is 2.17 bits per heavy atom. The summed E-state index contributed by atoms with van der Waals surface area (Å²) in [5.74, 6) is 0.783. The van der Waals surface area contributed by atoms with Crippen molar-refractivity contribution in [3.8, 4) is 0 Å². The van der Waals surface area contributed by atoms with Gasteiger partial charge in [-0.05, 0) is 18.8 Å². The maximum absolute atomic E-state index is 11.4. The van der Waals surface area contributed by atoms with E-state index in [-0.39, 0.29) is 24.5 Å². The van der Waals surface area contributed by atoms with Gasteiger partial charge in [-0.25, -0.2) is 0 Å². The zero-order chi connectivity index (χ0) is 8.55. The molecule has 3 atom stereocenters. The van der Waals surface area contributed by atoms with Crippen molar-refractivity contribution in [3.63, 3.8) is 0 Å². The van der Waals surface area contributed by atoms with Crippen molar-refractivity contribution in [1.29, 1.82) is 0 Å². The number of carbonyl (C=O) groups excluding carboxylic acids is 1. The number of aliphatic hydroxyl groups is 1. The molecule has 1 saturated carbocycles. The summed E-state index contributed by atoms with van der Waals surface area (Å²) in [5.41, 5.74) is 0. The lowest BCUT2D eigenvalue weighted by Crippen LogP contribution is -2.32. The molecular weight excluding hydrogens is 154 g/mol. The minimum absolute atomic E-state index is 0.0443. The molecule has 2 N–H and O–H groups in total. The summed E-state index contributed by atoms with van der Waals surface area (Å²) in [7, 11) is 0. The number of hydrogen-bond donors (Lipinski definition) is 2. The summed E-state index contributed by atoms with van der Waals surface area (Å²) in [6, 6.07) is 0.0443. The Kier molecular flexibility index (Phi) is 2.05. The van der Waals surface area contributed by atoms with Crippen LogP contribution in [0.25, 0.3) is 0 Å². The number of carbonyl (C=O) groups is 1. The van der Waals surface area contributed by atoms with E-state index in [0.29, 0.717) is 5.92 Å². The van der Waals surface area contributed by atoms with E-state index in [9.17, 15) is 4.79 Å². The third-order valence-electron chi connectivity index (χ3n) is 3.20. The molecular formula is C9H15NO2. The number of fused-ring (bicyclic) bond motifs is 1. The highest BCUT2D eigenvalue weighted by molar-refractivity contribution is 5.82. The lowest BCUT2D eigenvalue weighted by atomic mass is 9.78. The molecule has 0 aromatic heterocycles. The van der Waals surface area contributed by atoms with Gasteiger partial charge in [-0.1, -0.05) is 12.8 Å². The number of hydrogen-bond acceptors (Lipinski definition) is 2. The summed E-state index contributed by atoms with van der Waals surface area (Å²) in [4.78, 5) is 11.4. The van der Waals surface area contributed by atoms with E-state index in [4.69, 9.17) is 5.11 Å². The number of aliphatic hydroxyl groups excluding tert-OH is 1. The van der Waals surface area contributed by atoms with Crippen LogP contribution in [-0.2, 0) is 4.79 Å². The standard InChI is InChI=1S/C9H15NO2/c11-5-8-6-3-1-2-4-7(6)9(12)10-8/h6-8,11H,1-5H2,(H,10,12)/t6-,7-,8+/m0/s1. The molecule has 0 aromatic carbocycles. The van der Waals surface area contributed by atoms with E-state index >= 15 is 0 Å². The van der Waals surface area contributed by atoms with Gasteiger partial charge in [0.25, 0.3) is 0 Å². The highest BCUT2D eigenvalue weighted by atomic mass is 16.3. The minimum Gasteiger partial charge on any atom is -0.394 e. The minimum atomic E-state index is 0.0443. The molecule has 1 amide bonds. The number of rotatable bonds is 1. The first kappa shape index (κ1) is 8.05. The number of amides is 1. The van der Waals surface area contributed by atoms with Gasteiger partial charge in [0.1, 0.15) is 0 Å². The van der Waals surface area contributed by atoms with Crippen LogP contribution in [0.4, 0.5) is 0 Å². The molecule has 0 aromatic rings. The van der Waals surface area contributed by atoms with E-state index in [1.807, 2.05) is 0 Å². The summed E-state index contributed by atoms with van der Waals surface area (Å²) in [5, 5.41) is 11.9. The molecule has 3 nitrogen and oxygen atoms in total. The maximum Gasteiger partial charge on any atom is 0.223 e. The molecule has 1 saturated heterocycles. The molecule has 2 rings (SSSR count). The van der Waals surface area contributed by atoms with E-state index in [2.05, 4.69) is 5.32 Å². The van der Waals surface area contributed by atoms with Crippen molar-refractivity contribution < 1.29 is 9.90 Å². The lowest BCUT2D eigenvalue weighted by molar-refractivity contribution is -0.123. The van der Waals surface area contributed by atoms with Gasteiger partial charge in [0.05, 0.1) is 12.6 Å². The average molecular weight is 169 g/mol. The number of nitrogens with one attached hydrogen (secondary N) is 1. The molecule has 0 spiro atoms. The Labute approximate surface area is 72.2 Å². The Morgan fingerprint density at radius 1 is 1.42 bits per heavy atom. The molecule has 0 unspecified atom stereocenters. The second-order valence-corrected chi connectivity index (χ2v) is 3.85. The van der Waals surface area contributed by atoms with Crippen LogP contribution in [0.3, 0.4) is 0 Å². The zero-order valence-electron chi connectivity index (χ0n) is 7.12. The van der Waals surface area contributed by atoms with Gasteiger partial charge in [0, 0.05) is 5.92 Å². The summed E-state index contributed by atoms with van der Waals surface area (Å²) in [6.07, 6.45) is 4.51.